The summed E-state index contributed by atoms with van der Waals surface area (Å²) >= 11 is 0. The standard InChI is InChI=1S/C18H13F3N2O2/c1-25-16(24)14-10-9-13(8-7-12-5-3-2-4-6-12)15(11-14)17(22-23-17)18(19,20)21/h2-11H,1H3/b8-7+. The van der Waals surface area contributed by atoms with Crippen LogP contribution in [0.3, 0.4) is 0 Å². The van der Waals surface area contributed by atoms with Crippen LogP contribution < -0.4 is 0 Å². The Balaban J connectivity index is 2.06. The lowest BCUT2D eigenvalue weighted by atomic mass is 9.94. The molecule has 1 aliphatic heterocycles. The smallest absolute Gasteiger partial charge is 0.442 e. The second kappa shape index (κ2) is 6.16. The molecule has 0 saturated carbocycles. The molecule has 2 aromatic carbocycles. The van der Waals surface area contributed by atoms with Crippen molar-refractivity contribution >= 4 is 18.1 Å². The molecule has 1 aliphatic rings. The molecule has 4 nitrogen and oxygen atoms in total. The van der Waals surface area contributed by atoms with Gasteiger partial charge in [-0.3, -0.25) is 0 Å². The van der Waals surface area contributed by atoms with Crippen molar-refractivity contribution in [1.82, 2.24) is 0 Å². The summed E-state index contributed by atoms with van der Waals surface area (Å²) in [6.45, 7) is 0. The highest BCUT2D eigenvalue weighted by Gasteiger charge is 2.65. The van der Waals surface area contributed by atoms with Gasteiger partial charge >= 0.3 is 17.8 Å². The number of benzene rings is 2. The molecule has 1 heterocycles. The second-order valence-corrected chi connectivity index (χ2v) is 5.41. The molecule has 128 valence electrons. The summed E-state index contributed by atoms with van der Waals surface area (Å²) in [4.78, 5) is 11.7. The first-order valence-electron chi connectivity index (χ1n) is 7.34. The molecule has 0 atom stereocenters. The van der Waals surface area contributed by atoms with E-state index in [9.17, 15) is 18.0 Å². The van der Waals surface area contributed by atoms with E-state index in [0.29, 0.717) is 0 Å². The van der Waals surface area contributed by atoms with Crippen LogP contribution in [0.2, 0.25) is 0 Å². The lowest BCUT2D eigenvalue weighted by Crippen LogP contribution is -2.31. The highest BCUT2D eigenvalue weighted by atomic mass is 19.4. The van der Waals surface area contributed by atoms with Crippen molar-refractivity contribution in [2.24, 2.45) is 10.2 Å². The molecule has 2 aromatic rings. The van der Waals surface area contributed by atoms with E-state index in [4.69, 9.17) is 0 Å². The summed E-state index contributed by atoms with van der Waals surface area (Å²) in [7, 11) is 1.16. The number of carbonyl (C=O) groups is 1. The molecule has 0 fully saturated rings. The highest BCUT2D eigenvalue weighted by Crippen LogP contribution is 2.53. The average Bonchev–Trinajstić information content (AvgIpc) is 3.42. The zero-order valence-corrected chi connectivity index (χ0v) is 13.1. The SMILES string of the molecule is COC(=O)c1ccc(/C=C/c2ccccc2)c(C2(C(F)(F)F)N=N2)c1. The van der Waals surface area contributed by atoms with Gasteiger partial charge in [-0.1, -0.05) is 48.6 Å². The van der Waals surface area contributed by atoms with Gasteiger partial charge in [-0.15, -0.1) is 10.2 Å². The fraction of sp³-hybridized carbons (Fsp3) is 0.167. The topological polar surface area (TPSA) is 51.0 Å². The van der Waals surface area contributed by atoms with Gasteiger partial charge in [0, 0.05) is 5.56 Å². The van der Waals surface area contributed by atoms with E-state index in [2.05, 4.69) is 15.0 Å². The lowest BCUT2D eigenvalue weighted by Gasteiger charge is -2.18. The number of alkyl halides is 3. The summed E-state index contributed by atoms with van der Waals surface area (Å²) < 4.78 is 44.8. The van der Waals surface area contributed by atoms with Crippen molar-refractivity contribution in [2.45, 2.75) is 11.8 Å². The molecule has 25 heavy (non-hydrogen) atoms. The number of esters is 1. The van der Waals surface area contributed by atoms with Crippen LogP contribution in [0.5, 0.6) is 0 Å². The third-order valence-corrected chi connectivity index (χ3v) is 3.80. The second-order valence-electron chi connectivity index (χ2n) is 5.41. The van der Waals surface area contributed by atoms with E-state index < -0.39 is 17.8 Å². The van der Waals surface area contributed by atoms with Crippen molar-refractivity contribution in [1.29, 1.82) is 0 Å². The van der Waals surface area contributed by atoms with Crippen LogP contribution in [-0.4, -0.2) is 19.3 Å². The van der Waals surface area contributed by atoms with Crippen molar-refractivity contribution < 1.29 is 22.7 Å². The predicted molar refractivity (Wildman–Crippen MR) is 85.7 cm³/mol. The Kier molecular flexibility index (Phi) is 4.16. The molecule has 0 radical (unpaired) electrons. The maximum Gasteiger partial charge on any atom is 0.442 e. The van der Waals surface area contributed by atoms with E-state index in [1.165, 1.54) is 12.1 Å². The van der Waals surface area contributed by atoms with Crippen molar-refractivity contribution in [3.8, 4) is 0 Å². The number of halogens is 3. The molecular formula is C18H13F3N2O2. The number of hydrogen-bond donors (Lipinski definition) is 0. The van der Waals surface area contributed by atoms with Crippen LogP contribution in [0.1, 0.15) is 27.0 Å². The fourth-order valence-electron chi connectivity index (χ4n) is 2.42. The zero-order chi connectivity index (χ0) is 18.1. The van der Waals surface area contributed by atoms with Crippen LogP contribution in [0.25, 0.3) is 12.2 Å². The summed E-state index contributed by atoms with van der Waals surface area (Å²) in [5.41, 5.74) is -1.70. The first kappa shape index (κ1) is 16.9. The van der Waals surface area contributed by atoms with Crippen LogP contribution in [0.15, 0.2) is 58.8 Å². The number of hydrogen-bond acceptors (Lipinski definition) is 4. The molecule has 0 aliphatic carbocycles. The van der Waals surface area contributed by atoms with E-state index >= 15 is 0 Å². The van der Waals surface area contributed by atoms with Gasteiger partial charge in [0.25, 0.3) is 0 Å². The summed E-state index contributed by atoms with van der Waals surface area (Å²) in [6, 6.07) is 13.1. The molecule has 7 heteroatoms. The van der Waals surface area contributed by atoms with Crippen LogP contribution in [0, 0.1) is 0 Å². The number of nitrogens with zero attached hydrogens (tertiary/aromatic N) is 2. The van der Waals surface area contributed by atoms with E-state index in [1.54, 1.807) is 12.2 Å². The van der Waals surface area contributed by atoms with E-state index in [-0.39, 0.29) is 16.7 Å². The predicted octanol–water partition coefficient (Wildman–Crippen LogP) is 4.82. The zero-order valence-electron chi connectivity index (χ0n) is 13.1. The fourth-order valence-corrected chi connectivity index (χ4v) is 2.42. The van der Waals surface area contributed by atoms with Gasteiger partial charge in [0.05, 0.1) is 12.7 Å². The van der Waals surface area contributed by atoms with Crippen LogP contribution in [-0.2, 0) is 10.4 Å². The number of ether oxygens (including phenoxy) is 1. The number of carbonyl (C=O) groups excluding carboxylic acids is 1. The van der Waals surface area contributed by atoms with Crippen molar-refractivity contribution in [3.05, 3.63) is 70.8 Å². The van der Waals surface area contributed by atoms with Gasteiger partial charge in [0.1, 0.15) is 0 Å². The molecule has 0 bridgehead atoms. The minimum atomic E-state index is -4.68. The van der Waals surface area contributed by atoms with Crippen molar-refractivity contribution in [2.75, 3.05) is 7.11 Å². The maximum absolute atomic E-state index is 13.4. The van der Waals surface area contributed by atoms with E-state index in [0.717, 1.165) is 18.7 Å². The molecular weight excluding hydrogens is 333 g/mol. The molecule has 0 saturated heterocycles. The van der Waals surface area contributed by atoms with Crippen LogP contribution in [0.4, 0.5) is 13.2 Å². The van der Waals surface area contributed by atoms with Gasteiger partial charge in [0.15, 0.2) is 0 Å². The number of methoxy groups -OCH3 is 1. The lowest BCUT2D eigenvalue weighted by molar-refractivity contribution is -0.166. The van der Waals surface area contributed by atoms with Gasteiger partial charge < -0.3 is 4.74 Å². The normalized spacial score (nSPS) is 15.4. The molecule has 0 spiro atoms. The Morgan fingerprint density at radius 2 is 1.76 bits per heavy atom. The molecule has 0 amide bonds. The quantitative estimate of drug-likeness (QED) is 0.588. The van der Waals surface area contributed by atoms with Gasteiger partial charge in [0.2, 0.25) is 0 Å². The first-order chi connectivity index (χ1) is 11.9. The van der Waals surface area contributed by atoms with Crippen molar-refractivity contribution in [3.63, 3.8) is 0 Å². The monoisotopic (exact) mass is 346 g/mol. The number of rotatable bonds is 4. The first-order valence-corrected chi connectivity index (χ1v) is 7.34. The molecule has 0 N–H and O–H groups in total. The Labute approximate surface area is 141 Å². The molecule has 0 unspecified atom stereocenters. The Morgan fingerprint density at radius 3 is 2.32 bits per heavy atom. The summed E-state index contributed by atoms with van der Waals surface area (Å²) in [5.74, 6) is -0.724. The average molecular weight is 346 g/mol. The highest BCUT2D eigenvalue weighted by molar-refractivity contribution is 5.90. The Bertz CT molecular complexity index is 852. The minimum Gasteiger partial charge on any atom is -0.465 e. The summed E-state index contributed by atoms with van der Waals surface area (Å²) in [6.07, 6.45) is -1.46. The molecule has 3 rings (SSSR count). The van der Waals surface area contributed by atoms with Crippen LogP contribution >= 0.6 is 0 Å². The van der Waals surface area contributed by atoms with E-state index in [1.807, 2.05) is 30.3 Å². The maximum atomic E-state index is 13.4. The minimum absolute atomic E-state index is 0.00952. The van der Waals surface area contributed by atoms with Gasteiger partial charge in [-0.25, -0.2) is 4.79 Å². The third-order valence-electron chi connectivity index (χ3n) is 3.80. The third kappa shape index (κ3) is 3.17. The van der Waals surface area contributed by atoms with Gasteiger partial charge in [-0.2, -0.15) is 13.2 Å². The summed E-state index contributed by atoms with van der Waals surface area (Å²) in [5, 5.41) is 6.46. The van der Waals surface area contributed by atoms with Gasteiger partial charge in [-0.05, 0) is 23.3 Å². The molecule has 0 aromatic heterocycles. The largest absolute Gasteiger partial charge is 0.465 e. The Hall–Kier alpha value is -2.96. The Morgan fingerprint density at radius 1 is 1.08 bits per heavy atom.